The minimum absolute atomic E-state index is 0.0177. The number of hydrogen-bond donors (Lipinski definition) is 1. The van der Waals surface area contributed by atoms with Crippen molar-refractivity contribution in [2.24, 2.45) is 0 Å². The quantitative estimate of drug-likeness (QED) is 0.360. The number of nitrogens with one attached hydrogen (secondary N) is 1. The predicted molar refractivity (Wildman–Crippen MR) is 93.1 cm³/mol. The van der Waals surface area contributed by atoms with Gasteiger partial charge in [0.1, 0.15) is 5.02 Å². The Labute approximate surface area is 150 Å². The summed E-state index contributed by atoms with van der Waals surface area (Å²) in [6.45, 7) is -0.347. The van der Waals surface area contributed by atoms with Crippen molar-refractivity contribution >= 4 is 35.2 Å². The molecule has 7 nitrogen and oxygen atoms in total. The van der Waals surface area contributed by atoms with Crippen molar-refractivity contribution in [1.82, 2.24) is 5.32 Å². The minimum Gasteiger partial charge on any atom is -0.452 e. The highest BCUT2D eigenvalue weighted by Gasteiger charge is 2.16. The van der Waals surface area contributed by atoms with Gasteiger partial charge in [0.2, 0.25) is 0 Å². The predicted octanol–water partition coefficient (Wildman–Crippen LogP) is 3.25. The van der Waals surface area contributed by atoms with E-state index in [4.69, 9.17) is 16.3 Å². The van der Waals surface area contributed by atoms with E-state index in [0.29, 0.717) is 5.56 Å². The molecule has 0 atom stereocenters. The van der Waals surface area contributed by atoms with Crippen LogP contribution in [0.5, 0.6) is 0 Å². The number of benzene rings is 1. The summed E-state index contributed by atoms with van der Waals surface area (Å²) in [6.07, 6.45) is 7.77. The SMILES string of the molecule is O=C(COC(=O)C=Cc1ccc(Cl)c([N+](=O)[O-])c1)NC1CCCCC1. The minimum atomic E-state index is -0.698. The van der Waals surface area contributed by atoms with Gasteiger partial charge in [-0.3, -0.25) is 14.9 Å². The van der Waals surface area contributed by atoms with Gasteiger partial charge in [0, 0.05) is 18.2 Å². The first kappa shape index (κ1) is 18.9. The number of hydrogen-bond acceptors (Lipinski definition) is 5. The molecular formula is C17H19ClN2O5. The molecule has 1 aliphatic carbocycles. The van der Waals surface area contributed by atoms with E-state index in [2.05, 4.69) is 5.32 Å². The molecular weight excluding hydrogens is 348 g/mol. The fourth-order valence-corrected chi connectivity index (χ4v) is 2.83. The van der Waals surface area contributed by atoms with Crippen molar-refractivity contribution in [3.63, 3.8) is 0 Å². The smallest absolute Gasteiger partial charge is 0.331 e. The highest BCUT2D eigenvalue weighted by atomic mass is 35.5. The molecule has 0 spiro atoms. The second-order valence-electron chi connectivity index (χ2n) is 5.81. The number of esters is 1. The van der Waals surface area contributed by atoms with Crippen molar-refractivity contribution < 1.29 is 19.2 Å². The van der Waals surface area contributed by atoms with Crippen LogP contribution in [-0.2, 0) is 14.3 Å². The zero-order valence-corrected chi connectivity index (χ0v) is 14.3. The standard InChI is InChI=1S/C17H19ClN2O5/c18-14-8-6-12(10-15(14)20(23)24)7-9-17(22)25-11-16(21)19-13-4-2-1-3-5-13/h6-10,13H,1-5,11H2,(H,19,21). The van der Waals surface area contributed by atoms with Gasteiger partial charge < -0.3 is 10.1 Å². The number of nitro groups is 1. The van der Waals surface area contributed by atoms with Crippen LogP contribution in [0.1, 0.15) is 37.7 Å². The first-order valence-electron chi connectivity index (χ1n) is 8.04. The van der Waals surface area contributed by atoms with E-state index < -0.39 is 10.9 Å². The van der Waals surface area contributed by atoms with Crippen molar-refractivity contribution in [3.05, 3.63) is 45.0 Å². The maximum absolute atomic E-state index is 11.7. The molecule has 8 heteroatoms. The third-order valence-corrected chi connectivity index (χ3v) is 4.21. The number of halogens is 1. The van der Waals surface area contributed by atoms with Gasteiger partial charge >= 0.3 is 5.97 Å². The number of ether oxygens (including phenoxy) is 1. The summed E-state index contributed by atoms with van der Waals surface area (Å²) in [5.74, 6) is -1.02. The average Bonchev–Trinajstić information content (AvgIpc) is 2.60. The van der Waals surface area contributed by atoms with E-state index in [9.17, 15) is 19.7 Å². The zero-order valence-electron chi connectivity index (χ0n) is 13.6. The van der Waals surface area contributed by atoms with Crippen LogP contribution in [0, 0.1) is 10.1 Å². The van der Waals surface area contributed by atoms with Gasteiger partial charge in [0.15, 0.2) is 6.61 Å². The summed E-state index contributed by atoms with van der Waals surface area (Å²) >= 11 is 5.72. The largest absolute Gasteiger partial charge is 0.452 e. The Bertz CT molecular complexity index is 684. The molecule has 1 saturated carbocycles. The fraction of sp³-hybridized carbons (Fsp3) is 0.412. The molecule has 0 saturated heterocycles. The van der Waals surface area contributed by atoms with Gasteiger partial charge in [-0.15, -0.1) is 0 Å². The summed E-state index contributed by atoms with van der Waals surface area (Å²) in [4.78, 5) is 33.6. The Hall–Kier alpha value is -2.41. The van der Waals surface area contributed by atoms with Crippen molar-refractivity contribution in [3.8, 4) is 0 Å². The van der Waals surface area contributed by atoms with Crippen molar-refractivity contribution in [1.29, 1.82) is 0 Å². The molecule has 1 N–H and O–H groups in total. The van der Waals surface area contributed by atoms with Crippen molar-refractivity contribution in [2.75, 3.05) is 6.61 Å². The van der Waals surface area contributed by atoms with E-state index in [1.165, 1.54) is 30.7 Å². The van der Waals surface area contributed by atoms with Crippen LogP contribution in [0.4, 0.5) is 5.69 Å². The normalized spacial score (nSPS) is 15.1. The van der Waals surface area contributed by atoms with Crippen LogP contribution in [0.25, 0.3) is 6.08 Å². The fourth-order valence-electron chi connectivity index (χ4n) is 2.64. The summed E-state index contributed by atoms with van der Waals surface area (Å²) in [5.41, 5.74) is 0.184. The first-order chi connectivity index (χ1) is 12.0. The van der Waals surface area contributed by atoms with Gasteiger partial charge in [0.05, 0.1) is 4.92 Å². The van der Waals surface area contributed by atoms with Gasteiger partial charge in [-0.05, 0) is 30.5 Å². The van der Waals surface area contributed by atoms with E-state index >= 15 is 0 Å². The van der Waals surface area contributed by atoms with Crippen LogP contribution < -0.4 is 5.32 Å². The number of nitrogens with zero attached hydrogens (tertiary/aromatic N) is 1. The Morgan fingerprint density at radius 1 is 1.32 bits per heavy atom. The Morgan fingerprint density at radius 3 is 2.72 bits per heavy atom. The molecule has 134 valence electrons. The molecule has 1 fully saturated rings. The Kier molecular flexibility index (Phi) is 6.94. The summed E-state index contributed by atoms with van der Waals surface area (Å²) in [5, 5.41) is 13.7. The van der Waals surface area contributed by atoms with Crippen LogP contribution >= 0.6 is 11.6 Å². The summed E-state index contributed by atoms with van der Waals surface area (Å²) < 4.78 is 4.87. The topological polar surface area (TPSA) is 98.5 Å². The van der Waals surface area contributed by atoms with E-state index in [0.717, 1.165) is 31.8 Å². The van der Waals surface area contributed by atoms with Gasteiger partial charge in [-0.25, -0.2) is 4.79 Å². The molecule has 0 aromatic heterocycles. The molecule has 1 amide bonds. The number of amides is 1. The van der Waals surface area contributed by atoms with Crippen LogP contribution in [-0.4, -0.2) is 29.4 Å². The Balaban J connectivity index is 1.81. The number of carbonyl (C=O) groups is 2. The molecule has 0 bridgehead atoms. The van der Waals surface area contributed by atoms with Gasteiger partial charge in [-0.2, -0.15) is 0 Å². The lowest BCUT2D eigenvalue weighted by molar-refractivity contribution is -0.384. The lowest BCUT2D eigenvalue weighted by Crippen LogP contribution is -2.38. The Morgan fingerprint density at radius 2 is 2.04 bits per heavy atom. The number of rotatable bonds is 6. The van der Waals surface area contributed by atoms with Crippen LogP contribution in [0.2, 0.25) is 5.02 Å². The van der Waals surface area contributed by atoms with E-state index in [-0.39, 0.29) is 29.3 Å². The molecule has 0 heterocycles. The molecule has 1 aliphatic rings. The molecule has 1 aromatic carbocycles. The molecule has 1 aromatic rings. The van der Waals surface area contributed by atoms with E-state index in [1.54, 1.807) is 0 Å². The maximum atomic E-state index is 11.7. The summed E-state index contributed by atoms with van der Waals surface area (Å²) in [6, 6.07) is 4.32. The van der Waals surface area contributed by atoms with Gasteiger partial charge in [0.25, 0.3) is 11.6 Å². The molecule has 0 unspecified atom stereocenters. The number of nitro benzene ring substituents is 1. The van der Waals surface area contributed by atoms with Crippen LogP contribution in [0.3, 0.4) is 0 Å². The molecule has 2 rings (SSSR count). The first-order valence-corrected chi connectivity index (χ1v) is 8.41. The van der Waals surface area contributed by atoms with Crippen molar-refractivity contribution in [2.45, 2.75) is 38.1 Å². The zero-order chi connectivity index (χ0) is 18.2. The maximum Gasteiger partial charge on any atom is 0.331 e. The lowest BCUT2D eigenvalue weighted by atomic mass is 9.95. The van der Waals surface area contributed by atoms with E-state index in [1.807, 2.05) is 0 Å². The highest BCUT2D eigenvalue weighted by Crippen LogP contribution is 2.25. The highest BCUT2D eigenvalue weighted by molar-refractivity contribution is 6.32. The summed E-state index contributed by atoms with van der Waals surface area (Å²) in [7, 11) is 0. The lowest BCUT2D eigenvalue weighted by Gasteiger charge is -2.22. The molecule has 0 aliphatic heterocycles. The average molecular weight is 367 g/mol. The molecule has 25 heavy (non-hydrogen) atoms. The van der Waals surface area contributed by atoms with Crippen LogP contribution in [0.15, 0.2) is 24.3 Å². The third kappa shape index (κ3) is 6.19. The monoisotopic (exact) mass is 366 g/mol. The second-order valence-corrected chi connectivity index (χ2v) is 6.22. The van der Waals surface area contributed by atoms with Gasteiger partial charge in [-0.1, -0.05) is 36.9 Å². The molecule has 0 radical (unpaired) electrons. The third-order valence-electron chi connectivity index (χ3n) is 3.89. The number of carbonyl (C=O) groups excluding carboxylic acids is 2. The second kappa shape index (κ2) is 9.17.